The minimum Gasteiger partial charge on any atom is -0.508 e. The van der Waals surface area contributed by atoms with E-state index >= 15 is 0 Å². The highest BCUT2D eigenvalue weighted by atomic mass is 32.2. The van der Waals surface area contributed by atoms with Crippen LogP contribution in [-0.4, -0.2) is 47.3 Å². The second-order valence-corrected chi connectivity index (χ2v) is 13.8. The van der Waals surface area contributed by atoms with E-state index in [1.54, 1.807) is 51.2 Å². The summed E-state index contributed by atoms with van der Waals surface area (Å²) in [5.74, 6) is 0.302. The number of phenols is 1. The summed E-state index contributed by atoms with van der Waals surface area (Å²) >= 11 is 1.42. The molecule has 11 nitrogen and oxygen atoms in total. The van der Waals surface area contributed by atoms with Crippen LogP contribution >= 0.6 is 11.3 Å². The summed E-state index contributed by atoms with van der Waals surface area (Å²) in [5, 5.41) is 27.3. The molecule has 3 aromatic rings. The Morgan fingerprint density at radius 1 is 1.05 bits per heavy atom. The van der Waals surface area contributed by atoms with E-state index in [1.165, 1.54) is 29.5 Å². The molecular weight excluding hydrogens is 566 g/mol. The summed E-state index contributed by atoms with van der Waals surface area (Å²) in [6.45, 7) is 5.48. The van der Waals surface area contributed by atoms with Gasteiger partial charge in [-0.05, 0) is 76.3 Å². The molecule has 0 saturated heterocycles. The zero-order chi connectivity index (χ0) is 29.8. The first-order valence-electron chi connectivity index (χ1n) is 13.3. The van der Waals surface area contributed by atoms with Crippen molar-refractivity contribution in [1.82, 2.24) is 20.3 Å². The molecule has 1 aliphatic rings. The lowest BCUT2D eigenvalue weighted by Crippen LogP contribution is -2.40. The van der Waals surface area contributed by atoms with Crippen LogP contribution in [0, 0.1) is 0 Å². The smallest absolute Gasteiger partial charge is 0.404 e. The van der Waals surface area contributed by atoms with Crippen molar-refractivity contribution >= 4 is 39.2 Å². The predicted molar refractivity (Wildman–Crippen MR) is 158 cm³/mol. The van der Waals surface area contributed by atoms with Crippen molar-refractivity contribution in [3.05, 3.63) is 59.2 Å². The van der Waals surface area contributed by atoms with Crippen molar-refractivity contribution in [2.45, 2.75) is 75.4 Å². The van der Waals surface area contributed by atoms with Crippen LogP contribution in [0.3, 0.4) is 0 Å². The Morgan fingerprint density at radius 2 is 1.73 bits per heavy atom. The number of urea groups is 1. The van der Waals surface area contributed by atoms with Gasteiger partial charge in [0.25, 0.3) is 0 Å². The van der Waals surface area contributed by atoms with Gasteiger partial charge in [-0.25, -0.2) is 27.7 Å². The number of carbonyl (C=O) groups excluding carboxylic acids is 1. The molecule has 6 N–H and O–H groups in total. The zero-order valence-electron chi connectivity index (χ0n) is 23.1. The summed E-state index contributed by atoms with van der Waals surface area (Å²) < 4.78 is 29.7. The van der Waals surface area contributed by atoms with Gasteiger partial charge >= 0.3 is 12.1 Å². The van der Waals surface area contributed by atoms with Gasteiger partial charge in [0.15, 0.2) is 0 Å². The van der Waals surface area contributed by atoms with Gasteiger partial charge in [-0.3, -0.25) is 0 Å². The lowest BCUT2D eigenvalue weighted by molar-refractivity contribution is 0.185. The van der Waals surface area contributed by atoms with Gasteiger partial charge in [0.1, 0.15) is 5.75 Å². The monoisotopic (exact) mass is 601 g/mol. The maximum atomic E-state index is 13.5. The number of carbonyl (C=O) groups is 2. The molecule has 1 heterocycles. The Balaban J connectivity index is 1.55. The maximum absolute atomic E-state index is 13.5. The van der Waals surface area contributed by atoms with Crippen LogP contribution in [0.2, 0.25) is 0 Å². The Hall–Kier alpha value is -3.68. The maximum Gasteiger partial charge on any atom is 0.404 e. The van der Waals surface area contributed by atoms with Crippen LogP contribution in [0.25, 0.3) is 10.4 Å². The molecule has 1 aromatic heterocycles. The van der Waals surface area contributed by atoms with Gasteiger partial charge in [0.05, 0.1) is 14.8 Å². The quantitative estimate of drug-likeness (QED) is 0.206. The Morgan fingerprint density at radius 3 is 2.37 bits per heavy atom. The third-order valence-electron chi connectivity index (χ3n) is 6.55. The Bertz CT molecular complexity index is 1490. The molecule has 0 bridgehead atoms. The van der Waals surface area contributed by atoms with E-state index in [2.05, 4.69) is 25.7 Å². The number of amides is 3. The summed E-state index contributed by atoms with van der Waals surface area (Å²) in [7, 11) is -3.98. The first-order chi connectivity index (χ1) is 19.3. The second-order valence-electron chi connectivity index (χ2n) is 11.1. The number of nitrogens with zero attached hydrogens (tertiary/aromatic N) is 1. The number of thiazole rings is 1. The largest absolute Gasteiger partial charge is 0.508 e. The summed E-state index contributed by atoms with van der Waals surface area (Å²) in [4.78, 5) is 28.8. The van der Waals surface area contributed by atoms with Crippen LogP contribution in [0.15, 0.2) is 53.6 Å². The third kappa shape index (κ3) is 8.41. The van der Waals surface area contributed by atoms with Gasteiger partial charge in [0, 0.05) is 41.5 Å². The highest BCUT2D eigenvalue weighted by Crippen LogP contribution is 2.40. The standard InChI is InChI=1S/C28H35N5O6S2/c1-28(2,3)33-41(38,39)24-14-20(31-26(35)30-15-17-4-11-21(34)12-5-17)10-13-22(24)23-16-29-25(40-23)18-6-8-19(9-7-18)32-27(36)37/h4-5,10-14,16,18-19,32-34H,6-9,15H2,1-3H3,(H,36,37)(H2,30,31,35). The fraction of sp³-hybridized carbons (Fsp3) is 0.393. The summed E-state index contributed by atoms with van der Waals surface area (Å²) in [6, 6.07) is 10.6. The van der Waals surface area contributed by atoms with Crippen LogP contribution in [0.1, 0.15) is 62.9 Å². The van der Waals surface area contributed by atoms with Crippen LogP contribution < -0.4 is 20.7 Å². The van der Waals surface area contributed by atoms with Crippen molar-refractivity contribution in [3.8, 4) is 16.2 Å². The first kappa shape index (κ1) is 30.3. The van der Waals surface area contributed by atoms with E-state index in [0.717, 1.165) is 36.3 Å². The molecule has 0 spiro atoms. The molecule has 1 fully saturated rings. The molecule has 2 aromatic carbocycles. The molecule has 41 heavy (non-hydrogen) atoms. The molecule has 0 unspecified atom stereocenters. The normalized spacial score (nSPS) is 17.5. The van der Waals surface area contributed by atoms with Crippen molar-refractivity contribution in [2.24, 2.45) is 0 Å². The molecule has 0 aliphatic heterocycles. The number of phenolic OH excluding ortho intramolecular Hbond substituents is 1. The first-order valence-corrected chi connectivity index (χ1v) is 15.6. The number of rotatable bonds is 8. The van der Waals surface area contributed by atoms with Gasteiger partial charge in [-0.15, -0.1) is 11.3 Å². The third-order valence-corrected chi connectivity index (χ3v) is 9.54. The van der Waals surface area contributed by atoms with Gasteiger partial charge in [0.2, 0.25) is 10.0 Å². The molecule has 4 rings (SSSR count). The Kier molecular flexibility index (Phi) is 9.20. The minimum atomic E-state index is -3.98. The van der Waals surface area contributed by atoms with Crippen LogP contribution in [0.4, 0.5) is 15.3 Å². The summed E-state index contributed by atoms with van der Waals surface area (Å²) in [6.07, 6.45) is 3.67. The predicted octanol–water partition coefficient (Wildman–Crippen LogP) is 5.21. The van der Waals surface area contributed by atoms with E-state index in [1.807, 2.05) is 0 Å². The van der Waals surface area contributed by atoms with Crippen LogP contribution in [0.5, 0.6) is 5.75 Å². The van der Waals surface area contributed by atoms with Gasteiger partial charge in [-0.2, -0.15) is 0 Å². The highest BCUT2D eigenvalue weighted by molar-refractivity contribution is 7.89. The number of hydrogen-bond donors (Lipinski definition) is 6. The average Bonchev–Trinajstić information content (AvgIpc) is 3.37. The number of aromatic nitrogens is 1. The van der Waals surface area contributed by atoms with Crippen molar-refractivity contribution in [2.75, 3.05) is 5.32 Å². The zero-order valence-corrected chi connectivity index (χ0v) is 24.7. The highest BCUT2D eigenvalue weighted by Gasteiger charge is 2.29. The Labute approximate surface area is 243 Å². The number of nitrogens with one attached hydrogen (secondary N) is 4. The van der Waals surface area contributed by atoms with Crippen molar-refractivity contribution in [3.63, 3.8) is 0 Å². The fourth-order valence-corrected chi connectivity index (χ4v) is 7.57. The van der Waals surface area contributed by atoms with E-state index in [0.29, 0.717) is 16.1 Å². The van der Waals surface area contributed by atoms with E-state index in [9.17, 15) is 23.1 Å². The SMILES string of the molecule is CC(C)(C)NS(=O)(=O)c1cc(NC(=O)NCc2ccc(O)cc2)ccc1-c1cnc(C2CCC(NC(=O)O)CC2)s1. The summed E-state index contributed by atoms with van der Waals surface area (Å²) in [5.41, 5.74) is 0.836. The fourth-order valence-electron chi connectivity index (χ4n) is 4.72. The number of anilines is 1. The van der Waals surface area contributed by atoms with Crippen LogP contribution in [-0.2, 0) is 16.6 Å². The molecule has 0 radical (unpaired) electrons. The molecule has 0 atom stereocenters. The topological polar surface area (TPSA) is 170 Å². The molecule has 220 valence electrons. The lowest BCUT2D eigenvalue weighted by atomic mass is 9.86. The molecule has 3 amide bonds. The molecule has 13 heteroatoms. The average molecular weight is 602 g/mol. The number of carboxylic acid groups (broad SMARTS) is 1. The lowest BCUT2D eigenvalue weighted by Gasteiger charge is -2.27. The van der Waals surface area contributed by atoms with Crippen molar-refractivity contribution < 1.29 is 28.2 Å². The van der Waals surface area contributed by atoms with Gasteiger partial charge < -0.3 is 26.2 Å². The number of sulfonamides is 1. The molecular formula is C28H35N5O6S2. The second kappa shape index (κ2) is 12.5. The molecule has 1 aliphatic carbocycles. The van der Waals surface area contributed by atoms with E-state index in [-0.39, 0.29) is 29.1 Å². The number of hydrogen-bond acceptors (Lipinski definition) is 7. The van der Waals surface area contributed by atoms with Gasteiger partial charge in [-0.1, -0.05) is 18.2 Å². The van der Waals surface area contributed by atoms with E-state index in [4.69, 9.17) is 5.11 Å². The number of benzene rings is 2. The number of aromatic hydroxyl groups is 1. The molecule has 1 saturated carbocycles. The van der Waals surface area contributed by atoms with Crippen molar-refractivity contribution in [1.29, 1.82) is 0 Å². The minimum absolute atomic E-state index is 0.0216. The van der Waals surface area contributed by atoms with E-state index < -0.39 is 27.7 Å².